The first-order valence-electron chi connectivity index (χ1n) is 4.82. The molecule has 3 rings (SSSR count). The standard InChI is InChI=1S/C7H3B7/c1-2-4-5-7(12-14-13-9-5)11-10-6(4)8-3-1/h1-3H. The number of hydrogen-bond acceptors (Lipinski definition) is 0. The van der Waals surface area contributed by atoms with Crippen molar-refractivity contribution in [3.05, 3.63) is 18.1 Å². The fourth-order valence-electron chi connectivity index (χ4n) is 1.95. The van der Waals surface area contributed by atoms with E-state index in [2.05, 4.69) is 65.6 Å². The van der Waals surface area contributed by atoms with Crippen LogP contribution in [-0.2, 0) is 0 Å². The Balaban J connectivity index is 2.61. The van der Waals surface area contributed by atoms with E-state index in [4.69, 9.17) is 0 Å². The summed E-state index contributed by atoms with van der Waals surface area (Å²) in [5.41, 5.74) is 0. The van der Waals surface area contributed by atoms with E-state index in [0.29, 0.717) is 0 Å². The third kappa shape index (κ3) is 1.38. The van der Waals surface area contributed by atoms with Crippen molar-refractivity contribution in [2.45, 2.75) is 0 Å². The van der Waals surface area contributed by atoms with Crippen molar-refractivity contribution >= 4 is 68.5 Å². The molecule has 0 fully saturated rings. The third-order valence-corrected chi connectivity index (χ3v) is 2.65. The predicted molar refractivity (Wildman–Crippen MR) is 70.9 cm³/mol. The van der Waals surface area contributed by atoms with Crippen LogP contribution < -0.4 is 0 Å². The summed E-state index contributed by atoms with van der Waals surface area (Å²) in [7, 11) is 0. The summed E-state index contributed by atoms with van der Waals surface area (Å²) in [5.74, 6) is 2.08. The summed E-state index contributed by atoms with van der Waals surface area (Å²) < 4.78 is 0. The quantitative estimate of drug-likeness (QED) is 0.386. The molecular formula is C7H3B7. The van der Waals surface area contributed by atoms with Gasteiger partial charge >= 0.3 is 86.6 Å². The monoisotopic (exact) mass is 164 g/mol. The number of fused-ring (bicyclic) bond motifs is 3. The summed E-state index contributed by atoms with van der Waals surface area (Å²) in [4.78, 5) is 0. The van der Waals surface area contributed by atoms with Gasteiger partial charge < -0.3 is 0 Å². The second-order valence-electron chi connectivity index (χ2n) is 3.51. The fourth-order valence-corrected chi connectivity index (χ4v) is 1.95. The predicted octanol–water partition coefficient (Wildman–Crippen LogP) is -0.640. The van der Waals surface area contributed by atoms with Crippen molar-refractivity contribution in [2.24, 2.45) is 0 Å². The Labute approximate surface area is 86.9 Å². The summed E-state index contributed by atoms with van der Waals surface area (Å²) >= 11 is 0. The zero-order valence-corrected chi connectivity index (χ0v) is 7.77. The van der Waals surface area contributed by atoms with Gasteiger partial charge in [0.15, 0.2) is 0 Å². The van der Waals surface area contributed by atoms with Crippen LogP contribution >= 0.6 is 0 Å². The molecule has 0 saturated carbocycles. The van der Waals surface area contributed by atoms with Crippen LogP contribution in [0.3, 0.4) is 0 Å². The molecule has 0 amide bonds. The van der Waals surface area contributed by atoms with Crippen molar-refractivity contribution in [1.82, 2.24) is 0 Å². The molecule has 0 aliphatic heterocycles. The van der Waals surface area contributed by atoms with Crippen molar-refractivity contribution in [1.29, 1.82) is 0 Å². The average Bonchev–Trinajstić information content (AvgIpc) is 2.29. The third-order valence-electron chi connectivity index (χ3n) is 2.65. The van der Waals surface area contributed by atoms with Gasteiger partial charge in [0, 0.05) is 0 Å². The molecule has 0 bridgehead atoms. The van der Waals surface area contributed by atoms with Crippen molar-refractivity contribution in [3.63, 3.8) is 0 Å². The molecule has 14 heavy (non-hydrogen) atoms. The molecular weight excluding hydrogens is 160 g/mol. The normalized spacial score (nSPS) is 8.86. The molecule has 0 radical (unpaired) electrons. The van der Waals surface area contributed by atoms with Crippen LogP contribution in [0.15, 0.2) is 18.1 Å². The van der Waals surface area contributed by atoms with Gasteiger partial charge in [0.2, 0.25) is 0 Å². The van der Waals surface area contributed by atoms with Gasteiger partial charge in [-0.25, -0.2) is 0 Å². The molecule has 3 aromatic rings. The Morgan fingerprint density at radius 3 is 2.71 bits per heavy atom. The van der Waals surface area contributed by atoms with Gasteiger partial charge in [-0.1, -0.05) is 0 Å². The molecule has 0 aliphatic carbocycles. The van der Waals surface area contributed by atoms with Gasteiger partial charge in [0.1, 0.15) is 0 Å². The van der Waals surface area contributed by atoms with Gasteiger partial charge in [-0.2, -0.15) is 0 Å². The molecule has 0 aromatic carbocycles. The van der Waals surface area contributed by atoms with Crippen LogP contribution in [0.2, 0.25) is 0 Å². The summed E-state index contributed by atoms with van der Waals surface area (Å²) in [5, 5.41) is 5.30. The van der Waals surface area contributed by atoms with Crippen LogP contribution in [0.5, 0.6) is 0 Å². The van der Waals surface area contributed by atoms with Gasteiger partial charge in [-0.05, 0) is 0 Å². The van der Waals surface area contributed by atoms with E-state index in [9.17, 15) is 0 Å². The minimum atomic E-state index is 1.31. The van der Waals surface area contributed by atoms with E-state index < -0.39 is 0 Å². The number of hydrogen-bond donors (Lipinski definition) is 0. The van der Waals surface area contributed by atoms with Crippen LogP contribution in [-0.4, -0.2) is 47.5 Å². The first-order valence-corrected chi connectivity index (χ1v) is 4.82. The van der Waals surface area contributed by atoms with Crippen LogP contribution in [0.4, 0.5) is 0 Å². The van der Waals surface area contributed by atoms with Gasteiger partial charge in [0.25, 0.3) is 0 Å². The van der Waals surface area contributed by atoms with Crippen LogP contribution in [0.1, 0.15) is 0 Å². The molecule has 0 saturated heterocycles. The topological polar surface area (TPSA) is 0 Å². The second-order valence-corrected chi connectivity index (χ2v) is 3.51. The van der Waals surface area contributed by atoms with E-state index in [-0.39, 0.29) is 0 Å². The molecule has 3 aromatic heterocycles. The molecule has 0 N–H and O–H groups in total. The van der Waals surface area contributed by atoms with Gasteiger partial charge in [0.05, 0.1) is 0 Å². The molecule has 3 heterocycles. The van der Waals surface area contributed by atoms with E-state index in [1.807, 2.05) is 0 Å². The Bertz CT molecular complexity index is 553. The molecule has 0 atom stereocenters. The SMILES string of the molecule is b1bbc2c(b1)bbc1bcccc12. The van der Waals surface area contributed by atoms with E-state index in [0.717, 1.165) is 0 Å². The molecule has 0 aliphatic rings. The zero-order chi connectivity index (χ0) is 9.38. The molecule has 0 nitrogen and oxygen atoms in total. The Kier molecular flexibility index (Phi) is 2.27. The van der Waals surface area contributed by atoms with Crippen molar-refractivity contribution in [2.75, 3.05) is 0 Å². The molecule has 52 valence electrons. The van der Waals surface area contributed by atoms with E-state index >= 15 is 0 Å². The van der Waals surface area contributed by atoms with Gasteiger partial charge in [-0.3, -0.25) is 0 Å². The Hall–Kier alpha value is -0.455. The van der Waals surface area contributed by atoms with Gasteiger partial charge in [-0.15, -0.1) is 0 Å². The van der Waals surface area contributed by atoms with Crippen LogP contribution in [0, 0.1) is 0 Å². The maximum absolute atomic E-state index is 2.18. The first-order chi connectivity index (χ1) is 6.95. The van der Waals surface area contributed by atoms with E-state index in [1.54, 1.807) is 0 Å². The molecule has 7 heteroatoms. The van der Waals surface area contributed by atoms with E-state index in [1.165, 1.54) is 21.0 Å². The fraction of sp³-hybridized carbons (Fsp3) is 0. The van der Waals surface area contributed by atoms with Crippen molar-refractivity contribution in [3.8, 4) is 0 Å². The van der Waals surface area contributed by atoms with Crippen molar-refractivity contribution < 1.29 is 0 Å². The first kappa shape index (κ1) is 8.82. The Morgan fingerprint density at radius 2 is 1.71 bits per heavy atom. The number of rotatable bonds is 0. The average molecular weight is 163 g/mol. The molecule has 0 unspecified atom stereocenters. The summed E-state index contributed by atoms with van der Waals surface area (Å²) in [6, 6.07) is 4.27. The maximum atomic E-state index is 2.18. The summed E-state index contributed by atoms with van der Waals surface area (Å²) in [6.45, 7) is 15.0. The minimum absolute atomic E-state index is 1.31. The van der Waals surface area contributed by atoms with Crippen LogP contribution in [0.25, 0.3) is 21.0 Å². The second kappa shape index (κ2) is 3.60. The molecule has 0 spiro atoms. The summed E-state index contributed by atoms with van der Waals surface area (Å²) in [6.07, 6.45) is 0. The zero-order valence-electron chi connectivity index (χ0n) is 7.77. The Morgan fingerprint density at radius 1 is 0.857 bits per heavy atom.